The summed E-state index contributed by atoms with van der Waals surface area (Å²) in [4.78, 5) is 35.3. The van der Waals surface area contributed by atoms with E-state index in [1.54, 1.807) is 0 Å². The first-order chi connectivity index (χ1) is 14.1. The van der Waals surface area contributed by atoms with Gasteiger partial charge in [-0.1, -0.05) is 13.0 Å². The second-order valence-electron chi connectivity index (χ2n) is 7.55. The van der Waals surface area contributed by atoms with Gasteiger partial charge < -0.3 is 19.6 Å². The number of pyridine rings is 1. The second kappa shape index (κ2) is 8.73. The number of likely N-dealkylation sites (N-methyl/N-ethyl adjacent to an activating group) is 1. The molecule has 0 bridgehead atoms. The average Bonchev–Trinajstić information content (AvgIpc) is 2.79. The van der Waals surface area contributed by atoms with Crippen molar-refractivity contribution in [3.63, 3.8) is 0 Å². The van der Waals surface area contributed by atoms with Crippen LogP contribution in [-0.2, 0) is 0 Å². The normalized spacial score (nSPS) is 18.2. The molecule has 0 spiro atoms. The van der Waals surface area contributed by atoms with Gasteiger partial charge in [0.05, 0.1) is 0 Å². The van der Waals surface area contributed by atoms with Crippen LogP contribution in [0.2, 0.25) is 0 Å². The molecule has 0 N–H and O–H groups in total. The van der Waals surface area contributed by atoms with Crippen LogP contribution < -0.4 is 9.80 Å². The summed E-state index contributed by atoms with van der Waals surface area (Å²) in [5.41, 5.74) is 0.504. The highest BCUT2D eigenvalue weighted by Gasteiger charge is 2.25. The number of rotatable bonds is 4. The van der Waals surface area contributed by atoms with E-state index in [4.69, 9.17) is 0 Å². The van der Waals surface area contributed by atoms with E-state index in [1.165, 1.54) is 0 Å². The SMILES string of the molecule is CCN1CCN(C(=O)c2cc(N3CCN(c4ccccn4)CC3)nc(C)n2)CC1. The first-order valence-electron chi connectivity index (χ1n) is 10.4. The molecule has 0 aromatic carbocycles. The number of aromatic nitrogens is 3. The first kappa shape index (κ1) is 19.6. The van der Waals surface area contributed by atoms with Crippen molar-refractivity contribution in [3.05, 3.63) is 42.0 Å². The summed E-state index contributed by atoms with van der Waals surface area (Å²) in [5.74, 6) is 2.51. The van der Waals surface area contributed by atoms with Crippen molar-refractivity contribution in [1.29, 1.82) is 0 Å². The fourth-order valence-electron chi connectivity index (χ4n) is 3.96. The Morgan fingerprint density at radius 1 is 0.931 bits per heavy atom. The molecule has 0 saturated carbocycles. The molecule has 8 nitrogen and oxygen atoms in total. The van der Waals surface area contributed by atoms with Gasteiger partial charge in [0.1, 0.15) is 23.2 Å². The fraction of sp³-hybridized carbons (Fsp3) is 0.524. The van der Waals surface area contributed by atoms with Crippen LogP contribution in [0.5, 0.6) is 0 Å². The molecule has 2 fully saturated rings. The maximum Gasteiger partial charge on any atom is 0.272 e. The van der Waals surface area contributed by atoms with Gasteiger partial charge in [0, 0.05) is 64.6 Å². The lowest BCUT2D eigenvalue weighted by Gasteiger charge is -2.36. The summed E-state index contributed by atoms with van der Waals surface area (Å²) in [6.45, 7) is 11.9. The minimum Gasteiger partial charge on any atom is -0.353 e. The Hall–Kier alpha value is -2.74. The van der Waals surface area contributed by atoms with E-state index in [2.05, 4.69) is 36.6 Å². The predicted molar refractivity (Wildman–Crippen MR) is 113 cm³/mol. The lowest BCUT2D eigenvalue weighted by molar-refractivity contribution is 0.0637. The predicted octanol–water partition coefficient (Wildman–Crippen LogP) is 1.28. The summed E-state index contributed by atoms with van der Waals surface area (Å²) in [6.07, 6.45) is 1.83. The molecule has 29 heavy (non-hydrogen) atoms. The molecule has 0 atom stereocenters. The molecule has 4 heterocycles. The van der Waals surface area contributed by atoms with Gasteiger partial charge in [0.15, 0.2) is 0 Å². The van der Waals surface area contributed by atoms with E-state index >= 15 is 0 Å². The Labute approximate surface area is 172 Å². The van der Waals surface area contributed by atoms with Gasteiger partial charge in [-0.15, -0.1) is 0 Å². The van der Waals surface area contributed by atoms with Gasteiger partial charge in [0.25, 0.3) is 5.91 Å². The summed E-state index contributed by atoms with van der Waals surface area (Å²) in [5, 5.41) is 0. The van der Waals surface area contributed by atoms with Crippen molar-refractivity contribution in [2.24, 2.45) is 0 Å². The van der Waals surface area contributed by atoms with E-state index < -0.39 is 0 Å². The summed E-state index contributed by atoms with van der Waals surface area (Å²) in [7, 11) is 0. The highest BCUT2D eigenvalue weighted by Crippen LogP contribution is 2.19. The number of nitrogens with zero attached hydrogens (tertiary/aromatic N) is 7. The van der Waals surface area contributed by atoms with Crippen molar-refractivity contribution >= 4 is 17.5 Å². The zero-order valence-corrected chi connectivity index (χ0v) is 17.3. The van der Waals surface area contributed by atoms with Crippen molar-refractivity contribution in [3.8, 4) is 0 Å². The Bertz CT molecular complexity index is 828. The zero-order chi connectivity index (χ0) is 20.2. The van der Waals surface area contributed by atoms with E-state index in [0.29, 0.717) is 11.5 Å². The minimum absolute atomic E-state index is 0.0135. The Morgan fingerprint density at radius 3 is 2.24 bits per heavy atom. The Morgan fingerprint density at radius 2 is 1.62 bits per heavy atom. The smallest absolute Gasteiger partial charge is 0.272 e. The molecule has 2 aromatic heterocycles. The topological polar surface area (TPSA) is 68.7 Å². The number of hydrogen-bond donors (Lipinski definition) is 0. The van der Waals surface area contributed by atoms with Crippen LogP contribution in [0.15, 0.2) is 30.5 Å². The lowest BCUT2D eigenvalue weighted by atomic mass is 10.2. The maximum absolute atomic E-state index is 13.0. The highest BCUT2D eigenvalue weighted by molar-refractivity contribution is 5.93. The number of piperazine rings is 2. The molecule has 0 radical (unpaired) electrons. The Kier molecular flexibility index (Phi) is 5.89. The molecule has 2 aliphatic rings. The quantitative estimate of drug-likeness (QED) is 0.773. The second-order valence-corrected chi connectivity index (χ2v) is 7.55. The van der Waals surface area contributed by atoms with Gasteiger partial charge in [0.2, 0.25) is 0 Å². The molecular formula is C21H29N7O. The van der Waals surface area contributed by atoms with Crippen LogP contribution in [-0.4, -0.2) is 89.6 Å². The molecule has 1 amide bonds. The van der Waals surface area contributed by atoms with Crippen molar-refractivity contribution in [2.45, 2.75) is 13.8 Å². The monoisotopic (exact) mass is 395 g/mol. The molecule has 2 aromatic rings. The molecule has 0 aliphatic carbocycles. The van der Waals surface area contributed by atoms with E-state index in [0.717, 1.165) is 70.5 Å². The molecule has 4 rings (SSSR count). The molecule has 0 unspecified atom stereocenters. The molecular weight excluding hydrogens is 366 g/mol. The summed E-state index contributed by atoms with van der Waals surface area (Å²) >= 11 is 0. The van der Waals surface area contributed by atoms with Crippen molar-refractivity contribution in [2.75, 3.05) is 68.7 Å². The van der Waals surface area contributed by atoms with Gasteiger partial charge >= 0.3 is 0 Å². The first-order valence-corrected chi connectivity index (χ1v) is 10.4. The third kappa shape index (κ3) is 4.48. The van der Waals surface area contributed by atoms with Gasteiger partial charge in [-0.2, -0.15) is 0 Å². The largest absolute Gasteiger partial charge is 0.353 e. The minimum atomic E-state index is 0.0135. The zero-order valence-electron chi connectivity index (χ0n) is 17.3. The van der Waals surface area contributed by atoms with Crippen molar-refractivity contribution in [1.82, 2.24) is 24.8 Å². The van der Waals surface area contributed by atoms with Gasteiger partial charge in [-0.25, -0.2) is 15.0 Å². The molecule has 2 aliphatic heterocycles. The van der Waals surface area contributed by atoms with Crippen LogP contribution >= 0.6 is 0 Å². The Balaban J connectivity index is 1.43. The van der Waals surface area contributed by atoms with Crippen LogP contribution in [0.3, 0.4) is 0 Å². The van der Waals surface area contributed by atoms with E-state index in [9.17, 15) is 4.79 Å². The van der Waals surface area contributed by atoms with Crippen LogP contribution in [0.4, 0.5) is 11.6 Å². The van der Waals surface area contributed by atoms with Gasteiger partial charge in [-0.05, 0) is 25.6 Å². The van der Waals surface area contributed by atoms with Crippen LogP contribution in [0.25, 0.3) is 0 Å². The van der Waals surface area contributed by atoms with E-state index in [-0.39, 0.29) is 5.91 Å². The lowest BCUT2D eigenvalue weighted by Crippen LogP contribution is -2.49. The van der Waals surface area contributed by atoms with Gasteiger partial charge in [-0.3, -0.25) is 4.79 Å². The number of amides is 1. The fourth-order valence-corrected chi connectivity index (χ4v) is 3.96. The highest BCUT2D eigenvalue weighted by atomic mass is 16.2. The molecule has 8 heteroatoms. The number of carbonyl (C=O) groups excluding carboxylic acids is 1. The number of hydrogen-bond acceptors (Lipinski definition) is 7. The summed E-state index contributed by atoms with van der Waals surface area (Å²) in [6, 6.07) is 7.85. The van der Waals surface area contributed by atoms with Crippen LogP contribution in [0.1, 0.15) is 23.2 Å². The molecule has 154 valence electrons. The number of anilines is 2. The third-order valence-electron chi connectivity index (χ3n) is 5.73. The van der Waals surface area contributed by atoms with Crippen molar-refractivity contribution < 1.29 is 4.79 Å². The summed E-state index contributed by atoms with van der Waals surface area (Å²) < 4.78 is 0. The number of aryl methyl sites for hydroxylation is 1. The van der Waals surface area contributed by atoms with Crippen LogP contribution in [0, 0.1) is 6.92 Å². The maximum atomic E-state index is 13.0. The van der Waals surface area contributed by atoms with E-state index in [1.807, 2.05) is 42.3 Å². The molecule has 2 saturated heterocycles. The third-order valence-corrected chi connectivity index (χ3v) is 5.73. The average molecular weight is 396 g/mol. The number of carbonyl (C=O) groups is 1. The standard InChI is InChI=1S/C21H29N7O/c1-3-25-8-10-28(11-9-25)21(29)18-16-20(24-17(2)23-18)27-14-12-26(13-15-27)19-6-4-5-7-22-19/h4-7,16H,3,8-15H2,1-2H3.